The van der Waals surface area contributed by atoms with Crippen molar-refractivity contribution in [1.82, 2.24) is 10.2 Å². The summed E-state index contributed by atoms with van der Waals surface area (Å²) in [6.07, 6.45) is 0. The van der Waals surface area contributed by atoms with Crippen LogP contribution in [0.3, 0.4) is 0 Å². The molecule has 0 aliphatic heterocycles. The summed E-state index contributed by atoms with van der Waals surface area (Å²) in [6.45, 7) is 2.55. The van der Waals surface area contributed by atoms with Crippen LogP contribution in [0.1, 0.15) is 17.3 Å². The van der Waals surface area contributed by atoms with Gasteiger partial charge in [0.2, 0.25) is 0 Å². The fraction of sp³-hybridized carbons (Fsp3) is 0.0909. The monoisotopic (exact) mass is 425 g/mol. The van der Waals surface area contributed by atoms with Crippen LogP contribution >= 0.6 is 23.2 Å². The van der Waals surface area contributed by atoms with E-state index >= 15 is 0 Å². The number of hydrogen-bond acceptors (Lipinski definition) is 3. The number of aromatic nitrogens is 2. The summed E-state index contributed by atoms with van der Waals surface area (Å²) < 4.78 is 5.73. The molecule has 0 aliphatic carbocycles. The Kier molecular flexibility index (Phi) is 5.43. The van der Waals surface area contributed by atoms with Crippen LogP contribution in [0.4, 0.5) is 5.82 Å². The van der Waals surface area contributed by atoms with Crippen molar-refractivity contribution in [2.75, 3.05) is 11.9 Å². The maximum atomic E-state index is 12.6. The van der Waals surface area contributed by atoms with Crippen LogP contribution in [0.15, 0.2) is 60.7 Å². The predicted molar refractivity (Wildman–Crippen MR) is 117 cm³/mol. The highest BCUT2D eigenvalue weighted by Gasteiger charge is 2.15. The molecular formula is C22H17Cl2N3O2. The number of carbonyl (C=O) groups excluding carboxylic acids is 1. The van der Waals surface area contributed by atoms with Crippen molar-refractivity contribution in [3.05, 3.63) is 76.3 Å². The molecule has 29 heavy (non-hydrogen) atoms. The van der Waals surface area contributed by atoms with Crippen molar-refractivity contribution >= 4 is 45.8 Å². The molecule has 0 spiro atoms. The highest BCUT2D eigenvalue weighted by atomic mass is 35.5. The molecule has 1 amide bonds. The van der Waals surface area contributed by atoms with Crippen LogP contribution in [0.2, 0.25) is 10.0 Å². The molecule has 7 heteroatoms. The zero-order chi connectivity index (χ0) is 20.4. The predicted octanol–water partition coefficient (Wildman–Crippen LogP) is 6.19. The summed E-state index contributed by atoms with van der Waals surface area (Å²) in [5.41, 5.74) is 3.11. The molecule has 0 atom stereocenters. The molecule has 4 rings (SSSR count). The van der Waals surface area contributed by atoms with Gasteiger partial charge in [0.05, 0.1) is 22.7 Å². The van der Waals surface area contributed by atoms with Gasteiger partial charge in [-0.05, 0) is 48.9 Å². The minimum Gasteiger partial charge on any atom is -0.493 e. The van der Waals surface area contributed by atoms with E-state index in [4.69, 9.17) is 27.9 Å². The molecule has 0 fully saturated rings. The molecule has 1 aromatic heterocycles. The number of carbonyl (C=O) groups is 1. The van der Waals surface area contributed by atoms with Crippen molar-refractivity contribution in [2.45, 2.75) is 6.92 Å². The van der Waals surface area contributed by atoms with E-state index < -0.39 is 0 Å². The summed E-state index contributed by atoms with van der Waals surface area (Å²) in [6, 6.07) is 18.5. The first-order valence-electron chi connectivity index (χ1n) is 9.03. The third-order valence-corrected chi connectivity index (χ3v) is 5.02. The van der Waals surface area contributed by atoms with E-state index in [0.29, 0.717) is 23.0 Å². The van der Waals surface area contributed by atoms with Gasteiger partial charge in [-0.1, -0.05) is 47.5 Å². The average Bonchev–Trinajstić information content (AvgIpc) is 3.10. The number of benzene rings is 3. The van der Waals surface area contributed by atoms with Gasteiger partial charge >= 0.3 is 0 Å². The molecule has 0 radical (unpaired) electrons. The van der Waals surface area contributed by atoms with Gasteiger partial charge in [-0.25, -0.2) is 0 Å². The van der Waals surface area contributed by atoms with Crippen LogP contribution in [-0.4, -0.2) is 22.7 Å². The van der Waals surface area contributed by atoms with E-state index in [0.717, 1.165) is 27.8 Å². The zero-order valence-corrected chi connectivity index (χ0v) is 17.0. The smallest absolute Gasteiger partial charge is 0.258 e. The number of H-pyrrole nitrogens is 1. The van der Waals surface area contributed by atoms with Gasteiger partial charge < -0.3 is 10.1 Å². The quantitative estimate of drug-likeness (QED) is 0.400. The topological polar surface area (TPSA) is 67.0 Å². The first-order chi connectivity index (χ1) is 14.1. The number of para-hydroxylation sites is 1. The number of fused-ring (bicyclic) bond motifs is 1. The normalized spacial score (nSPS) is 10.9. The van der Waals surface area contributed by atoms with Crippen molar-refractivity contribution in [3.63, 3.8) is 0 Å². The van der Waals surface area contributed by atoms with E-state index in [1.807, 2.05) is 49.4 Å². The minimum absolute atomic E-state index is 0.282. The summed E-state index contributed by atoms with van der Waals surface area (Å²) in [5, 5.41) is 11.6. The summed E-state index contributed by atoms with van der Waals surface area (Å²) in [5.74, 6) is 0.895. The highest BCUT2D eigenvalue weighted by Crippen LogP contribution is 2.33. The van der Waals surface area contributed by atoms with Crippen molar-refractivity contribution < 1.29 is 9.53 Å². The van der Waals surface area contributed by atoms with Crippen molar-refractivity contribution in [3.8, 4) is 16.9 Å². The Hall–Kier alpha value is -3.02. The van der Waals surface area contributed by atoms with E-state index in [9.17, 15) is 4.79 Å². The lowest BCUT2D eigenvalue weighted by atomic mass is 10.0. The number of nitrogens with one attached hydrogen (secondary N) is 2. The largest absolute Gasteiger partial charge is 0.493 e. The Morgan fingerprint density at radius 3 is 2.72 bits per heavy atom. The molecule has 0 saturated carbocycles. The Morgan fingerprint density at radius 1 is 1.10 bits per heavy atom. The van der Waals surface area contributed by atoms with Crippen LogP contribution in [0, 0.1) is 0 Å². The molecule has 0 saturated heterocycles. The fourth-order valence-corrected chi connectivity index (χ4v) is 3.61. The summed E-state index contributed by atoms with van der Waals surface area (Å²) in [4.78, 5) is 12.6. The minimum atomic E-state index is -0.356. The van der Waals surface area contributed by atoms with Gasteiger partial charge in [-0.3, -0.25) is 9.89 Å². The third-order valence-electron chi connectivity index (χ3n) is 4.47. The first-order valence-corrected chi connectivity index (χ1v) is 9.79. The number of ether oxygens (including phenoxy) is 1. The van der Waals surface area contributed by atoms with Gasteiger partial charge in [0.25, 0.3) is 5.91 Å². The molecular weight excluding hydrogens is 409 g/mol. The standard InChI is InChI=1S/C22H17Cl2N3O2/c1-2-29-20-6-4-3-5-15(20)13-7-9-17-19(11-13)26-27-21(17)25-22(28)16-10-8-14(23)12-18(16)24/h3-12H,2H2,1H3,(H2,25,26,27,28). The van der Waals surface area contributed by atoms with Gasteiger partial charge in [0, 0.05) is 16.0 Å². The Balaban J connectivity index is 1.65. The molecule has 5 nitrogen and oxygen atoms in total. The van der Waals surface area contributed by atoms with Crippen LogP contribution < -0.4 is 10.1 Å². The highest BCUT2D eigenvalue weighted by molar-refractivity contribution is 6.37. The van der Waals surface area contributed by atoms with Crippen LogP contribution in [0.5, 0.6) is 5.75 Å². The number of nitrogens with zero attached hydrogens (tertiary/aromatic N) is 1. The van der Waals surface area contributed by atoms with E-state index in [1.165, 1.54) is 6.07 Å². The van der Waals surface area contributed by atoms with Crippen LogP contribution in [-0.2, 0) is 0 Å². The fourth-order valence-electron chi connectivity index (χ4n) is 3.12. The maximum Gasteiger partial charge on any atom is 0.258 e. The SMILES string of the molecule is CCOc1ccccc1-c1ccc2c(NC(=O)c3ccc(Cl)cc3Cl)n[nH]c2c1. The lowest BCUT2D eigenvalue weighted by molar-refractivity contribution is 0.102. The first kappa shape index (κ1) is 19.3. The Bertz CT molecular complexity index is 1200. The number of amides is 1. The zero-order valence-electron chi connectivity index (χ0n) is 15.5. The average molecular weight is 426 g/mol. The number of rotatable bonds is 5. The number of anilines is 1. The van der Waals surface area contributed by atoms with Crippen molar-refractivity contribution in [1.29, 1.82) is 0 Å². The van der Waals surface area contributed by atoms with Gasteiger partial charge in [-0.2, -0.15) is 5.10 Å². The van der Waals surface area contributed by atoms with Gasteiger partial charge in [-0.15, -0.1) is 0 Å². The lowest BCUT2D eigenvalue weighted by Gasteiger charge is -2.10. The number of halogens is 2. The lowest BCUT2D eigenvalue weighted by Crippen LogP contribution is -2.12. The van der Waals surface area contributed by atoms with E-state index in [-0.39, 0.29) is 10.9 Å². The van der Waals surface area contributed by atoms with Crippen LogP contribution in [0.25, 0.3) is 22.0 Å². The molecule has 2 N–H and O–H groups in total. The molecule has 3 aromatic carbocycles. The third kappa shape index (κ3) is 3.92. The second-order valence-electron chi connectivity index (χ2n) is 6.34. The van der Waals surface area contributed by atoms with E-state index in [2.05, 4.69) is 15.5 Å². The summed E-state index contributed by atoms with van der Waals surface area (Å²) >= 11 is 12.0. The molecule has 146 valence electrons. The van der Waals surface area contributed by atoms with Gasteiger partial charge in [0.15, 0.2) is 5.82 Å². The van der Waals surface area contributed by atoms with E-state index in [1.54, 1.807) is 12.1 Å². The van der Waals surface area contributed by atoms with Crippen molar-refractivity contribution in [2.24, 2.45) is 0 Å². The molecule has 0 unspecified atom stereocenters. The molecule has 0 aliphatic rings. The molecule has 4 aromatic rings. The molecule has 1 heterocycles. The van der Waals surface area contributed by atoms with Gasteiger partial charge in [0.1, 0.15) is 5.75 Å². The number of hydrogen-bond donors (Lipinski definition) is 2. The summed E-state index contributed by atoms with van der Waals surface area (Å²) in [7, 11) is 0. The Morgan fingerprint density at radius 2 is 1.93 bits per heavy atom. The second-order valence-corrected chi connectivity index (χ2v) is 7.18. The Labute approximate surface area is 177 Å². The second kappa shape index (κ2) is 8.15. The maximum absolute atomic E-state index is 12.6. The molecule has 0 bridgehead atoms. The number of aromatic amines is 1.